The molecule has 0 fully saturated rings. The average Bonchev–Trinajstić information content (AvgIpc) is 3.11. The van der Waals surface area contributed by atoms with Gasteiger partial charge in [0.05, 0.1) is 6.54 Å². The van der Waals surface area contributed by atoms with Crippen LogP contribution in [0.2, 0.25) is 0 Å². The molecular formula is C21H29N5O5. The lowest BCUT2D eigenvalue weighted by molar-refractivity contribution is 0.0938. The Hall–Kier alpha value is -3.11. The fourth-order valence-electron chi connectivity index (χ4n) is 3.27. The summed E-state index contributed by atoms with van der Waals surface area (Å²) >= 11 is 0. The van der Waals surface area contributed by atoms with E-state index < -0.39 is 17.4 Å². The van der Waals surface area contributed by atoms with Crippen molar-refractivity contribution in [3.63, 3.8) is 0 Å². The molecule has 2 aromatic heterocycles. The highest BCUT2D eigenvalue weighted by molar-refractivity contribution is 5.74. The predicted octanol–water partition coefficient (Wildman–Crippen LogP) is 0.630. The monoisotopic (exact) mass is 431 g/mol. The van der Waals surface area contributed by atoms with Crippen LogP contribution in [-0.2, 0) is 25.4 Å². The van der Waals surface area contributed by atoms with E-state index in [-0.39, 0.29) is 24.3 Å². The van der Waals surface area contributed by atoms with Crippen LogP contribution >= 0.6 is 0 Å². The summed E-state index contributed by atoms with van der Waals surface area (Å²) in [5.41, 5.74) is 0.684. The summed E-state index contributed by atoms with van der Waals surface area (Å²) in [6.45, 7) is 3.22. The van der Waals surface area contributed by atoms with E-state index >= 15 is 0 Å². The standard InChI is InChI=1S/C21H29N5O5/c1-14-6-8-16(9-7-14)31-13-15(27)12-26-17-18(23-20(26)22-10-5-11-30-4)24(2)21(29)25(3)19(17)28/h6-9,15,27H,5,10-13H2,1-4H3,(H,22,23). The third kappa shape index (κ3) is 4.97. The first-order chi connectivity index (χ1) is 14.8. The molecule has 0 aliphatic rings. The molecule has 3 rings (SSSR count). The minimum absolute atomic E-state index is 0.0396. The zero-order valence-electron chi connectivity index (χ0n) is 18.3. The molecule has 1 aromatic carbocycles. The average molecular weight is 431 g/mol. The zero-order chi connectivity index (χ0) is 22.5. The van der Waals surface area contributed by atoms with E-state index in [1.807, 2.05) is 31.2 Å². The number of fused-ring (bicyclic) bond motifs is 1. The smallest absolute Gasteiger partial charge is 0.332 e. The number of ether oxygens (including phenoxy) is 2. The Morgan fingerprint density at radius 2 is 1.87 bits per heavy atom. The van der Waals surface area contributed by atoms with E-state index in [0.29, 0.717) is 24.8 Å². The first-order valence-corrected chi connectivity index (χ1v) is 10.1. The molecule has 0 aliphatic carbocycles. The topological polar surface area (TPSA) is 113 Å². The van der Waals surface area contributed by atoms with E-state index in [0.717, 1.165) is 16.6 Å². The van der Waals surface area contributed by atoms with Crippen LogP contribution < -0.4 is 21.3 Å². The van der Waals surface area contributed by atoms with E-state index in [9.17, 15) is 14.7 Å². The number of benzene rings is 1. The largest absolute Gasteiger partial charge is 0.491 e. The van der Waals surface area contributed by atoms with Gasteiger partial charge in [-0.25, -0.2) is 4.79 Å². The number of aliphatic hydroxyl groups excluding tert-OH is 1. The molecule has 168 valence electrons. The number of aliphatic hydroxyl groups is 1. The van der Waals surface area contributed by atoms with Crippen molar-refractivity contribution in [1.82, 2.24) is 18.7 Å². The Bertz CT molecular complexity index is 1150. The van der Waals surface area contributed by atoms with Gasteiger partial charge in [0.1, 0.15) is 18.5 Å². The van der Waals surface area contributed by atoms with Gasteiger partial charge in [0.25, 0.3) is 5.56 Å². The molecule has 31 heavy (non-hydrogen) atoms. The molecule has 0 amide bonds. The van der Waals surface area contributed by atoms with E-state index in [4.69, 9.17) is 9.47 Å². The lowest BCUT2D eigenvalue weighted by Gasteiger charge is -2.16. The number of imidazole rings is 1. The van der Waals surface area contributed by atoms with Gasteiger partial charge in [0.2, 0.25) is 5.95 Å². The molecular weight excluding hydrogens is 402 g/mol. The van der Waals surface area contributed by atoms with Crippen molar-refractivity contribution in [1.29, 1.82) is 0 Å². The van der Waals surface area contributed by atoms with Crippen molar-refractivity contribution in [3.8, 4) is 5.75 Å². The second-order valence-electron chi connectivity index (χ2n) is 7.47. The maximum absolute atomic E-state index is 12.8. The number of nitrogens with one attached hydrogen (secondary N) is 1. The molecule has 10 heteroatoms. The summed E-state index contributed by atoms with van der Waals surface area (Å²) in [5.74, 6) is 1.05. The van der Waals surface area contributed by atoms with Gasteiger partial charge in [-0.3, -0.25) is 13.9 Å². The molecule has 0 spiro atoms. The number of anilines is 1. The lowest BCUT2D eigenvalue weighted by Crippen LogP contribution is -2.38. The molecule has 0 saturated heterocycles. The van der Waals surface area contributed by atoms with Gasteiger partial charge >= 0.3 is 5.69 Å². The Balaban J connectivity index is 1.89. The van der Waals surface area contributed by atoms with Crippen molar-refractivity contribution in [2.24, 2.45) is 14.1 Å². The summed E-state index contributed by atoms with van der Waals surface area (Å²) in [4.78, 5) is 29.6. The fourth-order valence-corrected chi connectivity index (χ4v) is 3.27. The van der Waals surface area contributed by atoms with Crippen LogP contribution in [0.1, 0.15) is 12.0 Å². The summed E-state index contributed by atoms with van der Waals surface area (Å²) in [6, 6.07) is 7.53. The predicted molar refractivity (Wildman–Crippen MR) is 118 cm³/mol. The van der Waals surface area contributed by atoms with Crippen LogP contribution in [-0.4, -0.2) is 56.8 Å². The van der Waals surface area contributed by atoms with Crippen molar-refractivity contribution >= 4 is 17.1 Å². The summed E-state index contributed by atoms with van der Waals surface area (Å²) in [7, 11) is 4.61. The van der Waals surface area contributed by atoms with Crippen molar-refractivity contribution in [2.75, 3.05) is 32.2 Å². The Morgan fingerprint density at radius 1 is 1.16 bits per heavy atom. The minimum Gasteiger partial charge on any atom is -0.491 e. The molecule has 1 unspecified atom stereocenters. The maximum atomic E-state index is 12.8. The van der Waals surface area contributed by atoms with Crippen LogP contribution in [0, 0.1) is 6.92 Å². The molecule has 2 heterocycles. The third-order valence-electron chi connectivity index (χ3n) is 5.01. The van der Waals surface area contributed by atoms with Crippen LogP contribution in [0.3, 0.4) is 0 Å². The highest BCUT2D eigenvalue weighted by Crippen LogP contribution is 2.17. The van der Waals surface area contributed by atoms with Crippen LogP contribution in [0.4, 0.5) is 5.95 Å². The molecule has 0 saturated carbocycles. The van der Waals surface area contributed by atoms with Gasteiger partial charge in [-0.1, -0.05) is 17.7 Å². The molecule has 10 nitrogen and oxygen atoms in total. The summed E-state index contributed by atoms with van der Waals surface area (Å²) in [5, 5.41) is 13.8. The lowest BCUT2D eigenvalue weighted by atomic mass is 10.2. The van der Waals surface area contributed by atoms with Crippen molar-refractivity contribution in [3.05, 3.63) is 50.7 Å². The number of hydrogen-bond acceptors (Lipinski definition) is 7. The van der Waals surface area contributed by atoms with Gasteiger partial charge in [-0.15, -0.1) is 0 Å². The Kier molecular flexibility index (Phi) is 7.13. The molecule has 2 N–H and O–H groups in total. The first-order valence-electron chi connectivity index (χ1n) is 10.1. The van der Waals surface area contributed by atoms with Crippen molar-refractivity contribution in [2.45, 2.75) is 26.0 Å². The fraction of sp³-hybridized carbons (Fsp3) is 0.476. The summed E-state index contributed by atoms with van der Waals surface area (Å²) < 4.78 is 14.7. The zero-order valence-corrected chi connectivity index (χ0v) is 18.3. The molecule has 0 aliphatic heterocycles. The second-order valence-corrected chi connectivity index (χ2v) is 7.47. The normalized spacial score (nSPS) is 12.3. The van der Waals surface area contributed by atoms with Gasteiger partial charge in [-0.05, 0) is 25.5 Å². The van der Waals surface area contributed by atoms with Gasteiger partial charge < -0.3 is 24.5 Å². The number of aromatic nitrogens is 4. The molecule has 0 radical (unpaired) electrons. The molecule has 0 bridgehead atoms. The maximum Gasteiger partial charge on any atom is 0.332 e. The number of rotatable bonds is 10. The minimum atomic E-state index is -0.903. The molecule has 1 atom stereocenters. The SMILES string of the molecule is COCCCNc1nc2c(c(=O)n(C)c(=O)n2C)n1CC(O)COc1ccc(C)cc1. The van der Waals surface area contributed by atoms with Crippen LogP contribution in [0.15, 0.2) is 33.9 Å². The Morgan fingerprint density at radius 3 is 2.55 bits per heavy atom. The van der Waals surface area contributed by atoms with E-state index in [2.05, 4.69) is 10.3 Å². The van der Waals surface area contributed by atoms with Crippen LogP contribution in [0.5, 0.6) is 5.75 Å². The van der Waals surface area contributed by atoms with E-state index in [1.165, 1.54) is 11.6 Å². The summed E-state index contributed by atoms with van der Waals surface area (Å²) in [6.07, 6.45) is -0.171. The number of hydrogen-bond donors (Lipinski definition) is 2. The van der Waals surface area contributed by atoms with E-state index in [1.54, 1.807) is 18.7 Å². The number of methoxy groups -OCH3 is 1. The van der Waals surface area contributed by atoms with Gasteiger partial charge in [-0.2, -0.15) is 4.98 Å². The highest BCUT2D eigenvalue weighted by Gasteiger charge is 2.21. The van der Waals surface area contributed by atoms with Gasteiger partial charge in [0.15, 0.2) is 11.2 Å². The third-order valence-corrected chi connectivity index (χ3v) is 5.01. The first kappa shape index (κ1) is 22.6. The second kappa shape index (κ2) is 9.80. The quantitative estimate of drug-likeness (QED) is 0.453. The highest BCUT2D eigenvalue weighted by atomic mass is 16.5. The molecule has 3 aromatic rings. The van der Waals surface area contributed by atoms with Crippen LogP contribution in [0.25, 0.3) is 11.2 Å². The number of nitrogens with zero attached hydrogens (tertiary/aromatic N) is 4. The van der Waals surface area contributed by atoms with Gasteiger partial charge in [0, 0.05) is 34.4 Å². The van der Waals surface area contributed by atoms with Crippen molar-refractivity contribution < 1.29 is 14.6 Å². The Labute approximate surface area is 179 Å². The number of aryl methyl sites for hydroxylation is 2.